The van der Waals surface area contributed by atoms with E-state index in [9.17, 15) is 9.90 Å². The summed E-state index contributed by atoms with van der Waals surface area (Å²) in [4.78, 5) is 11.8. The lowest BCUT2D eigenvalue weighted by Gasteiger charge is -2.23. The van der Waals surface area contributed by atoms with E-state index in [1.165, 1.54) is 0 Å². The molecule has 1 rings (SSSR count). The molecule has 1 aliphatic rings. The molecule has 0 spiro atoms. The number of aliphatic hydroxyl groups is 1. The fourth-order valence-corrected chi connectivity index (χ4v) is 2.66. The number of nitrogens with one attached hydrogen (secondary N) is 1. The zero-order chi connectivity index (χ0) is 12.9. The highest BCUT2D eigenvalue weighted by Crippen LogP contribution is 2.32. The van der Waals surface area contributed by atoms with Crippen molar-refractivity contribution in [3.63, 3.8) is 0 Å². The molecule has 0 aromatic carbocycles. The molecule has 2 atom stereocenters. The van der Waals surface area contributed by atoms with Crippen LogP contribution in [0.5, 0.6) is 0 Å². The highest BCUT2D eigenvalue weighted by molar-refractivity contribution is 5.77. The van der Waals surface area contributed by atoms with Crippen molar-refractivity contribution in [1.29, 1.82) is 0 Å². The summed E-state index contributed by atoms with van der Waals surface area (Å²) in [7, 11) is 0. The Morgan fingerprint density at radius 3 is 2.47 bits per heavy atom. The molecule has 0 aromatic rings. The van der Waals surface area contributed by atoms with Crippen molar-refractivity contribution in [2.75, 3.05) is 0 Å². The van der Waals surface area contributed by atoms with E-state index in [2.05, 4.69) is 19.2 Å². The number of carbonyl (C=O) groups excluding carboxylic acids is 1. The van der Waals surface area contributed by atoms with Gasteiger partial charge in [0.25, 0.3) is 0 Å². The molecule has 0 heterocycles. The Kier molecular flexibility index (Phi) is 5.44. The summed E-state index contributed by atoms with van der Waals surface area (Å²) in [6, 6.07) is 0.211. The first-order valence-electron chi connectivity index (χ1n) is 6.97. The van der Waals surface area contributed by atoms with E-state index in [-0.39, 0.29) is 18.4 Å². The van der Waals surface area contributed by atoms with Crippen molar-refractivity contribution in [3.8, 4) is 0 Å². The van der Waals surface area contributed by atoms with Gasteiger partial charge in [-0.25, -0.2) is 0 Å². The monoisotopic (exact) mass is 241 g/mol. The van der Waals surface area contributed by atoms with Gasteiger partial charge in [0.2, 0.25) is 5.91 Å². The lowest BCUT2D eigenvalue weighted by atomic mass is 9.96. The Morgan fingerprint density at radius 1 is 1.35 bits per heavy atom. The fourth-order valence-electron chi connectivity index (χ4n) is 2.66. The Bertz CT molecular complexity index is 247. The summed E-state index contributed by atoms with van der Waals surface area (Å²) in [6.45, 7) is 6.41. The van der Waals surface area contributed by atoms with Gasteiger partial charge in [0.15, 0.2) is 0 Å². The third kappa shape index (κ3) is 5.07. The summed E-state index contributed by atoms with van der Waals surface area (Å²) < 4.78 is 0. The number of carbonyl (C=O) groups is 1. The van der Waals surface area contributed by atoms with Crippen LogP contribution in [0.3, 0.4) is 0 Å². The van der Waals surface area contributed by atoms with Crippen molar-refractivity contribution in [2.24, 2.45) is 5.92 Å². The molecule has 1 saturated carbocycles. The number of rotatable bonds is 6. The quantitative estimate of drug-likeness (QED) is 0.751. The van der Waals surface area contributed by atoms with Gasteiger partial charge in [-0.1, -0.05) is 33.1 Å². The van der Waals surface area contributed by atoms with Crippen LogP contribution in [-0.2, 0) is 4.79 Å². The first-order chi connectivity index (χ1) is 7.95. The van der Waals surface area contributed by atoms with E-state index in [4.69, 9.17) is 0 Å². The maximum absolute atomic E-state index is 11.8. The minimum atomic E-state index is -0.722. The van der Waals surface area contributed by atoms with E-state index < -0.39 is 5.60 Å². The molecule has 0 aromatic heterocycles. The van der Waals surface area contributed by atoms with E-state index in [0.29, 0.717) is 5.92 Å². The topological polar surface area (TPSA) is 49.3 Å². The van der Waals surface area contributed by atoms with Gasteiger partial charge in [-0.2, -0.15) is 0 Å². The summed E-state index contributed by atoms with van der Waals surface area (Å²) in [5, 5.41) is 13.1. The van der Waals surface area contributed by atoms with Crippen LogP contribution in [0.25, 0.3) is 0 Å². The molecule has 100 valence electrons. The molecule has 3 nitrogen and oxygen atoms in total. The van der Waals surface area contributed by atoms with Crippen LogP contribution < -0.4 is 5.32 Å². The van der Waals surface area contributed by atoms with Crippen LogP contribution in [-0.4, -0.2) is 22.7 Å². The smallest absolute Gasteiger partial charge is 0.223 e. The summed E-state index contributed by atoms with van der Waals surface area (Å²) >= 11 is 0. The van der Waals surface area contributed by atoms with Crippen molar-refractivity contribution in [1.82, 2.24) is 5.32 Å². The van der Waals surface area contributed by atoms with Crippen molar-refractivity contribution in [2.45, 2.75) is 77.4 Å². The third-order valence-corrected chi connectivity index (χ3v) is 3.88. The Labute approximate surface area is 105 Å². The Morgan fingerprint density at radius 2 is 1.94 bits per heavy atom. The van der Waals surface area contributed by atoms with Gasteiger partial charge in [-0.05, 0) is 32.1 Å². The van der Waals surface area contributed by atoms with Gasteiger partial charge < -0.3 is 10.4 Å². The molecule has 0 aliphatic heterocycles. The molecule has 0 bridgehead atoms. The van der Waals surface area contributed by atoms with Crippen LogP contribution in [0.15, 0.2) is 0 Å². The minimum Gasteiger partial charge on any atom is -0.389 e. The molecule has 0 radical (unpaired) electrons. The minimum absolute atomic E-state index is 0.00482. The van der Waals surface area contributed by atoms with E-state index in [1.54, 1.807) is 0 Å². The van der Waals surface area contributed by atoms with E-state index >= 15 is 0 Å². The van der Waals surface area contributed by atoms with Gasteiger partial charge in [-0.3, -0.25) is 4.79 Å². The highest BCUT2D eigenvalue weighted by Gasteiger charge is 2.33. The second kappa shape index (κ2) is 6.39. The Balaban J connectivity index is 2.28. The molecular formula is C14H27NO2. The van der Waals surface area contributed by atoms with Gasteiger partial charge in [0.1, 0.15) is 0 Å². The normalized spacial score (nSPS) is 22.1. The maximum Gasteiger partial charge on any atom is 0.223 e. The summed E-state index contributed by atoms with van der Waals surface area (Å²) in [5.74, 6) is 0.644. The molecule has 2 N–H and O–H groups in total. The predicted molar refractivity (Wildman–Crippen MR) is 69.7 cm³/mol. The average Bonchev–Trinajstić information content (AvgIpc) is 2.63. The molecule has 3 heteroatoms. The average molecular weight is 241 g/mol. The standard InChI is InChI=1S/C14H27NO2/c1-4-11(2)9-12(3)15-13(16)10-14(17)7-5-6-8-14/h11-12,17H,4-10H2,1-3H3,(H,15,16). The largest absolute Gasteiger partial charge is 0.389 e. The number of amides is 1. The molecule has 2 unspecified atom stereocenters. The number of hydrogen-bond donors (Lipinski definition) is 2. The zero-order valence-electron chi connectivity index (χ0n) is 11.5. The molecule has 1 aliphatic carbocycles. The molecular weight excluding hydrogens is 214 g/mol. The fraction of sp³-hybridized carbons (Fsp3) is 0.929. The molecule has 1 fully saturated rings. The molecule has 1 amide bonds. The van der Waals surface area contributed by atoms with Crippen LogP contribution in [0.1, 0.15) is 65.7 Å². The SMILES string of the molecule is CCC(C)CC(C)NC(=O)CC1(O)CCCC1. The molecule has 17 heavy (non-hydrogen) atoms. The second-order valence-corrected chi connectivity index (χ2v) is 5.83. The van der Waals surface area contributed by atoms with Gasteiger partial charge in [0, 0.05) is 6.04 Å². The molecule has 0 saturated heterocycles. The Hall–Kier alpha value is -0.570. The van der Waals surface area contributed by atoms with E-state index in [1.807, 2.05) is 6.92 Å². The van der Waals surface area contributed by atoms with Crippen LogP contribution in [0.4, 0.5) is 0 Å². The predicted octanol–water partition coefficient (Wildman–Crippen LogP) is 2.62. The van der Waals surface area contributed by atoms with E-state index in [0.717, 1.165) is 38.5 Å². The van der Waals surface area contributed by atoms with Gasteiger partial charge in [-0.15, -0.1) is 0 Å². The zero-order valence-corrected chi connectivity index (χ0v) is 11.5. The highest BCUT2D eigenvalue weighted by atomic mass is 16.3. The van der Waals surface area contributed by atoms with Gasteiger partial charge >= 0.3 is 0 Å². The first-order valence-corrected chi connectivity index (χ1v) is 6.97. The van der Waals surface area contributed by atoms with Crippen LogP contribution in [0.2, 0.25) is 0 Å². The first kappa shape index (κ1) is 14.5. The van der Waals surface area contributed by atoms with Crippen molar-refractivity contribution < 1.29 is 9.90 Å². The van der Waals surface area contributed by atoms with Crippen LogP contribution in [0, 0.1) is 5.92 Å². The van der Waals surface area contributed by atoms with Crippen LogP contribution >= 0.6 is 0 Å². The summed E-state index contributed by atoms with van der Waals surface area (Å²) in [5.41, 5.74) is -0.722. The van der Waals surface area contributed by atoms with Crippen molar-refractivity contribution in [3.05, 3.63) is 0 Å². The van der Waals surface area contributed by atoms with Gasteiger partial charge in [0.05, 0.1) is 12.0 Å². The second-order valence-electron chi connectivity index (χ2n) is 5.83. The summed E-state index contributed by atoms with van der Waals surface area (Å²) in [6.07, 6.45) is 6.08. The third-order valence-electron chi connectivity index (χ3n) is 3.88. The lowest BCUT2D eigenvalue weighted by Crippen LogP contribution is -2.39. The van der Waals surface area contributed by atoms with Crippen molar-refractivity contribution >= 4 is 5.91 Å². The number of hydrogen-bond acceptors (Lipinski definition) is 2. The lowest BCUT2D eigenvalue weighted by molar-refractivity contribution is -0.126. The maximum atomic E-state index is 11.8.